The highest BCUT2D eigenvalue weighted by molar-refractivity contribution is 6.25. The van der Waals surface area contributed by atoms with E-state index in [-0.39, 0.29) is 0 Å². The van der Waals surface area contributed by atoms with Gasteiger partial charge in [-0.1, -0.05) is 170 Å². The van der Waals surface area contributed by atoms with Crippen molar-refractivity contribution in [3.8, 4) is 62.1 Å². The summed E-state index contributed by atoms with van der Waals surface area (Å²) < 4.78 is 8.77. The van der Waals surface area contributed by atoms with Gasteiger partial charge in [0.25, 0.3) is 0 Å². The molecule has 58 heavy (non-hydrogen) atoms. The van der Waals surface area contributed by atoms with Gasteiger partial charge in [0.05, 0.1) is 11.0 Å². The Balaban J connectivity index is 1.09. The smallest absolute Gasteiger partial charge is 0.238 e. The summed E-state index contributed by atoms with van der Waals surface area (Å²) in [7, 11) is 0. The Morgan fingerprint density at radius 1 is 0.362 bits per heavy atom. The van der Waals surface area contributed by atoms with Gasteiger partial charge in [-0.15, -0.1) is 0 Å². The molecule has 3 heterocycles. The first-order valence-corrected chi connectivity index (χ1v) is 19.5. The molecule has 9 aromatic carbocycles. The summed E-state index contributed by atoms with van der Waals surface area (Å²) in [4.78, 5) is 15.8. The molecule has 5 heteroatoms. The highest BCUT2D eigenvalue weighted by Gasteiger charge is 2.22. The molecule has 0 aliphatic carbocycles. The fourth-order valence-electron chi connectivity index (χ4n) is 8.65. The molecule has 0 aliphatic rings. The monoisotopic (exact) mass is 740 g/mol. The van der Waals surface area contributed by atoms with Crippen LogP contribution in [0.2, 0.25) is 0 Å². The summed E-state index contributed by atoms with van der Waals surface area (Å²) in [6, 6.07) is 68.0. The molecule has 3 aromatic heterocycles. The van der Waals surface area contributed by atoms with Crippen LogP contribution >= 0.6 is 0 Å². The number of nitrogens with zero attached hydrogens (tertiary/aromatic N) is 4. The minimum Gasteiger partial charge on any atom is -0.455 e. The Hall–Kier alpha value is -7.89. The minimum absolute atomic E-state index is 0.559. The van der Waals surface area contributed by atoms with Crippen LogP contribution in [0.4, 0.5) is 0 Å². The molecule has 0 atom stereocenters. The van der Waals surface area contributed by atoms with E-state index in [1.807, 2.05) is 24.3 Å². The molecule has 0 saturated carbocycles. The quantitative estimate of drug-likeness (QED) is 0.159. The molecule has 0 bridgehead atoms. The van der Waals surface area contributed by atoms with Gasteiger partial charge in [0.2, 0.25) is 5.95 Å². The van der Waals surface area contributed by atoms with Crippen LogP contribution in [0.15, 0.2) is 199 Å². The van der Waals surface area contributed by atoms with Crippen molar-refractivity contribution < 1.29 is 4.42 Å². The van der Waals surface area contributed by atoms with Gasteiger partial charge < -0.3 is 4.42 Å². The maximum atomic E-state index is 6.55. The second kappa shape index (κ2) is 12.8. The molecule has 0 N–H and O–H groups in total. The van der Waals surface area contributed by atoms with Crippen molar-refractivity contribution in [2.45, 2.75) is 0 Å². The fourth-order valence-corrected chi connectivity index (χ4v) is 8.65. The predicted molar refractivity (Wildman–Crippen MR) is 237 cm³/mol. The van der Waals surface area contributed by atoms with E-state index in [1.165, 1.54) is 16.2 Å². The Morgan fingerprint density at radius 3 is 1.60 bits per heavy atom. The number of hydrogen-bond acceptors (Lipinski definition) is 4. The van der Waals surface area contributed by atoms with E-state index >= 15 is 0 Å². The number of aromatic nitrogens is 4. The lowest BCUT2D eigenvalue weighted by atomic mass is 9.96. The summed E-state index contributed by atoms with van der Waals surface area (Å²) in [5.41, 5.74) is 12.3. The zero-order valence-corrected chi connectivity index (χ0v) is 31.2. The van der Waals surface area contributed by atoms with Crippen LogP contribution in [0.3, 0.4) is 0 Å². The Bertz CT molecular complexity index is 3380. The fraction of sp³-hybridized carbons (Fsp3) is 0. The van der Waals surface area contributed by atoms with Gasteiger partial charge in [-0.2, -0.15) is 9.97 Å². The second-order valence-corrected chi connectivity index (χ2v) is 14.8. The van der Waals surface area contributed by atoms with Crippen LogP contribution < -0.4 is 0 Å². The zero-order valence-electron chi connectivity index (χ0n) is 31.2. The maximum Gasteiger partial charge on any atom is 0.238 e. The topological polar surface area (TPSA) is 56.7 Å². The van der Waals surface area contributed by atoms with Crippen molar-refractivity contribution in [3.63, 3.8) is 0 Å². The molecule has 0 amide bonds. The third-order valence-corrected chi connectivity index (χ3v) is 11.4. The summed E-state index contributed by atoms with van der Waals surface area (Å²) in [6.45, 7) is 0. The normalized spacial score (nSPS) is 11.8. The Labute approximate surface area is 333 Å². The molecule has 12 rings (SSSR count). The van der Waals surface area contributed by atoms with Crippen LogP contribution in [-0.4, -0.2) is 19.5 Å². The van der Waals surface area contributed by atoms with E-state index in [2.05, 4.69) is 174 Å². The van der Waals surface area contributed by atoms with Crippen LogP contribution in [0.25, 0.3) is 117 Å². The van der Waals surface area contributed by atoms with Gasteiger partial charge in [-0.05, 0) is 62.9 Å². The summed E-state index contributed by atoms with van der Waals surface area (Å²) >= 11 is 0. The van der Waals surface area contributed by atoms with Crippen molar-refractivity contribution >= 4 is 54.5 Å². The summed E-state index contributed by atoms with van der Waals surface area (Å²) in [5.74, 6) is 1.77. The number of para-hydroxylation sites is 2. The minimum atomic E-state index is 0.559. The molecule has 0 radical (unpaired) electrons. The van der Waals surface area contributed by atoms with Gasteiger partial charge in [0, 0.05) is 38.2 Å². The first-order valence-electron chi connectivity index (χ1n) is 19.5. The average Bonchev–Trinajstić information content (AvgIpc) is 3.85. The van der Waals surface area contributed by atoms with Gasteiger partial charge in [-0.3, -0.25) is 4.57 Å². The third-order valence-electron chi connectivity index (χ3n) is 11.4. The Morgan fingerprint density at radius 2 is 0.914 bits per heavy atom. The molecular formula is C53H32N4O. The van der Waals surface area contributed by atoms with E-state index in [4.69, 9.17) is 19.4 Å². The first-order chi connectivity index (χ1) is 28.7. The van der Waals surface area contributed by atoms with Gasteiger partial charge in [0.1, 0.15) is 11.2 Å². The van der Waals surface area contributed by atoms with Crippen molar-refractivity contribution in [2.75, 3.05) is 0 Å². The van der Waals surface area contributed by atoms with Crippen molar-refractivity contribution in [1.29, 1.82) is 0 Å². The van der Waals surface area contributed by atoms with Crippen molar-refractivity contribution in [3.05, 3.63) is 194 Å². The van der Waals surface area contributed by atoms with E-state index in [9.17, 15) is 0 Å². The third kappa shape index (κ3) is 5.14. The molecule has 12 aromatic rings. The van der Waals surface area contributed by atoms with Crippen molar-refractivity contribution in [2.24, 2.45) is 0 Å². The number of hydrogen-bond donors (Lipinski definition) is 0. The van der Waals surface area contributed by atoms with E-state index in [0.717, 1.165) is 82.9 Å². The lowest BCUT2D eigenvalue weighted by Gasteiger charge is -2.12. The first kappa shape index (κ1) is 32.4. The van der Waals surface area contributed by atoms with Crippen LogP contribution in [0, 0.1) is 0 Å². The van der Waals surface area contributed by atoms with E-state index in [1.54, 1.807) is 0 Å². The highest BCUT2D eigenvalue weighted by atomic mass is 16.3. The molecular weight excluding hydrogens is 709 g/mol. The number of fused-ring (bicyclic) bond motifs is 3. The molecule has 0 unspecified atom stereocenters. The standard InChI is InChI=1S/C53H32N4O/c1-3-11-33(12-4-1)35-21-26-38(27-22-35)51-54-52(39-28-23-36(24-29-39)34-13-5-2-6-14-34)56-53(55-51)57-45-19-9-15-37-25-30-40-31-41(32-46(57)49(40)48(37)45)42-17-10-18-44-43-16-7-8-20-47(43)58-50(42)44/h1-32H. The van der Waals surface area contributed by atoms with Gasteiger partial charge in [-0.25, -0.2) is 4.98 Å². The maximum absolute atomic E-state index is 6.55. The van der Waals surface area contributed by atoms with E-state index < -0.39 is 0 Å². The SMILES string of the molecule is c1ccc(-c2ccc(-c3nc(-c4ccc(-c5ccccc5)cc4)nc(-n4c5cccc6ccc7cc(-c8cccc9c8oc8ccccc89)cc4c7c65)n3)cc2)cc1. The number of furan rings is 1. The molecule has 0 fully saturated rings. The lowest BCUT2D eigenvalue weighted by molar-refractivity contribution is 0.670. The number of benzene rings is 9. The molecule has 0 saturated heterocycles. The van der Waals surface area contributed by atoms with E-state index in [0.29, 0.717) is 17.6 Å². The van der Waals surface area contributed by atoms with Crippen LogP contribution in [-0.2, 0) is 0 Å². The average molecular weight is 741 g/mol. The predicted octanol–water partition coefficient (Wildman–Crippen LogP) is 13.8. The number of rotatable bonds is 6. The highest BCUT2D eigenvalue weighted by Crippen LogP contribution is 2.43. The van der Waals surface area contributed by atoms with Crippen LogP contribution in [0.5, 0.6) is 0 Å². The molecule has 0 aliphatic heterocycles. The Kier molecular flexibility index (Phi) is 7.16. The van der Waals surface area contributed by atoms with Crippen molar-refractivity contribution in [1.82, 2.24) is 19.5 Å². The van der Waals surface area contributed by atoms with Gasteiger partial charge in [0.15, 0.2) is 11.6 Å². The van der Waals surface area contributed by atoms with Crippen LogP contribution in [0.1, 0.15) is 0 Å². The summed E-state index contributed by atoms with van der Waals surface area (Å²) in [6.07, 6.45) is 0. The van der Waals surface area contributed by atoms with Gasteiger partial charge >= 0.3 is 0 Å². The zero-order chi connectivity index (χ0) is 38.2. The second-order valence-electron chi connectivity index (χ2n) is 14.8. The largest absolute Gasteiger partial charge is 0.455 e. The molecule has 0 spiro atoms. The summed E-state index contributed by atoms with van der Waals surface area (Å²) in [5, 5.41) is 6.89. The molecule has 5 nitrogen and oxygen atoms in total. The molecule has 270 valence electrons. The lowest BCUT2D eigenvalue weighted by Crippen LogP contribution is -2.06.